The lowest BCUT2D eigenvalue weighted by molar-refractivity contribution is 0.0728. The first-order chi connectivity index (χ1) is 13.1. The van der Waals surface area contributed by atoms with Gasteiger partial charge in [0.25, 0.3) is 5.91 Å². The average Bonchev–Trinajstić information content (AvgIpc) is 2.70. The van der Waals surface area contributed by atoms with Crippen LogP contribution in [0.15, 0.2) is 54.9 Å². The van der Waals surface area contributed by atoms with Crippen molar-refractivity contribution < 1.29 is 4.79 Å². The summed E-state index contributed by atoms with van der Waals surface area (Å²) in [7, 11) is 0. The van der Waals surface area contributed by atoms with Crippen LogP contribution in [0.25, 0.3) is 0 Å². The van der Waals surface area contributed by atoms with E-state index in [0.717, 1.165) is 12.1 Å². The van der Waals surface area contributed by atoms with E-state index in [1.807, 2.05) is 23.1 Å². The topological polar surface area (TPSA) is 58.1 Å². The van der Waals surface area contributed by atoms with Crippen molar-refractivity contribution in [1.29, 1.82) is 0 Å². The Morgan fingerprint density at radius 3 is 2.56 bits per heavy atom. The van der Waals surface area contributed by atoms with Gasteiger partial charge in [-0.3, -0.25) is 4.79 Å². The van der Waals surface area contributed by atoms with Gasteiger partial charge in [-0.15, -0.1) is 0 Å². The van der Waals surface area contributed by atoms with E-state index in [9.17, 15) is 4.79 Å². The van der Waals surface area contributed by atoms with E-state index < -0.39 is 0 Å². The van der Waals surface area contributed by atoms with Crippen molar-refractivity contribution in [1.82, 2.24) is 14.9 Å². The predicted octanol–water partition coefficient (Wildman–Crippen LogP) is 4.04. The van der Waals surface area contributed by atoms with Gasteiger partial charge in [-0.1, -0.05) is 30.3 Å². The van der Waals surface area contributed by atoms with Crippen LogP contribution >= 0.6 is 0 Å². The van der Waals surface area contributed by atoms with Gasteiger partial charge in [0.1, 0.15) is 11.5 Å². The molecule has 2 aromatic carbocycles. The highest BCUT2D eigenvalue weighted by molar-refractivity contribution is 5.92. The summed E-state index contributed by atoms with van der Waals surface area (Å²) in [5.41, 5.74) is 6.32. The molecule has 0 fully saturated rings. The number of nitrogens with one attached hydrogen (secondary N) is 1. The number of hydrogen-bond donors (Lipinski definition) is 1. The molecule has 27 heavy (non-hydrogen) atoms. The maximum Gasteiger partial charge on any atom is 0.274 e. The summed E-state index contributed by atoms with van der Waals surface area (Å²) in [6.45, 7) is 5.49. The fourth-order valence-corrected chi connectivity index (χ4v) is 3.30. The van der Waals surface area contributed by atoms with Crippen molar-refractivity contribution in [2.24, 2.45) is 0 Å². The third kappa shape index (κ3) is 3.67. The van der Waals surface area contributed by atoms with Gasteiger partial charge >= 0.3 is 0 Å². The van der Waals surface area contributed by atoms with Gasteiger partial charge in [0, 0.05) is 18.8 Å². The van der Waals surface area contributed by atoms with E-state index in [2.05, 4.69) is 53.4 Å². The van der Waals surface area contributed by atoms with Crippen molar-refractivity contribution in [2.45, 2.75) is 26.8 Å². The number of aryl methyl sites for hydroxylation is 2. The number of nitrogens with zero attached hydrogens (tertiary/aromatic N) is 3. The minimum Gasteiger partial charge on any atom is -0.339 e. The first kappa shape index (κ1) is 17.2. The summed E-state index contributed by atoms with van der Waals surface area (Å²) < 4.78 is 0. The van der Waals surface area contributed by atoms with E-state index in [1.54, 1.807) is 12.4 Å². The molecule has 0 saturated heterocycles. The summed E-state index contributed by atoms with van der Waals surface area (Å²) >= 11 is 0. The van der Waals surface area contributed by atoms with Crippen LogP contribution in [0.2, 0.25) is 0 Å². The summed E-state index contributed by atoms with van der Waals surface area (Å²) in [4.78, 5) is 23.3. The summed E-state index contributed by atoms with van der Waals surface area (Å²) in [6.07, 6.45) is 4.04. The van der Waals surface area contributed by atoms with Crippen LogP contribution in [0.1, 0.15) is 32.7 Å². The molecule has 0 radical (unpaired) electrons. The van der Waals surface area contributed by atoms with Crippen LogP contribution in [0.4, 0.5) is 11.5 Å². The van der Waals surface area contributed by atoms with Gasteiger partial charge in [0.05, 0.1) is 12.4 Å². The highest BCUT2D eigenvalue weighted by Crippen LogP contribution is 2.21. The molecule has 0 atom stereocenters. The molecule has 1 amide bonds. The molecule has 0 unspecified atom stereocenters. The monoisotopic (exact) mass is 358 g/mol. The van der Waals surface area contributed by atoms with Crippen LogP contribution in [-0.2, 0) is 13.0 Å². The lowest BCUT2D eigenvalue weighted by Gasteiger charge is -2.28. The minimum atomic E-state index is -0.0743. The molecule has 136 valence electrons. The van der Waals surface area contributed by atoms with E-state index in [-0.39, 0.29) is 5.91 Å². The largest absolute Gasteiger partial charge is 0.339 e. The normalized spacial score (nSPS) is 13.2. The molecule has 1 aromatic heterocycles. The molecule has 5 nitrogen and oxygen atoms in total. The highest BCUT2D eigenvalue weighted by atomic mass is 16.2. The lowest BCUT2D eigenvalue weighted by atomic mass is 10.00. The molecule has 0 spiro atoms. The maximum absolute atomic E-state index is 12.8. The van der Waals surface area contributed by atoms with Gasteiger partial charge in [0.2, 0.25) is 0 Å². The second-order valence-corrected chi connectivity index (χ2v) is 6.96. The maximum atomic E-state index is 12.8. The van der Waals surface area contributed by atoms with Gasteiger partial charge in [-0.05, 0) is 54.7 Å². The van der Waals surface area contributed by atoms with Crippen molar-refractivity contribution in [3.63, 3.8) is 0 Å². The average molecular weight is 358 g/mol. The van der Waals surface area contributed by atoms with E-state index >= 15 is 0 Å². The Hall–Kier alpha value is -3.21. The Kier molecular flexibility index (Phi) is 4.59. The molecule has 0 saturated carbocycles. The van der Waals surface area contributed by atoms with Gasteiger partial charge in [-0.25, -0.2) is 9.97 Å². The molecule has 4 rings (SSSR count). The number of rotatable bonds is 3. The quantitative estimate of drug-likeness (QED) is 0.768. The molecular formula is C22H22N4O. The van der Waals surface area contributed by atoms with Crippen molar-refractivity contribution >= 4 is 17.4 Å². The molecule has 1 aliphatic rings. The second-order valence-electron chi connectivity index (χ2n) is 6.96. The van der Waals surface area contributed by atoms with E-state index in [0.29, 0.717) is 24.6 Å². The summed E-state index contributed by atoms with van der Waals surface area (Å²) in [5.74, 6) is 0.550. The van der Waals surface area contributed by atoms with Crippen LogP contribution < -0.4 is 5.32 Å². The Morgan fingerprint density at radius 2 is 1.81 bits per heavy atom. The highest BCUT2D eigenvalue weighted by Gasteiger charge is 2.22. The Morgan fingerprint density at radius 1 is 1.00 bits per heavy atom. The zero-order chi connectivity index (χ0) is 18.8. The Labute approximate surface area is 159 Å². The van der Waals surface area contributed by atoms with E-state index in [4.69, 9.17) is 0 Å². The molecule has 2 heterocycles. The molecule has 5 heteroatoms. The third-order valence-electron chi connectivity index (χ3n) is 5.07. The molecule has 0 aliphatic carbocycles. The number of carbonyl (C=O) groups is 1. The molecule has 1 N–H and O–H groups in total. The summed E-state index contributed by atoms with van der Waals surface area (Å²) in [6, 6.07) is 14.4. The fourth-order valence-electron chi connectivity index (χ4n) is 3.30. The van der Waals surface area contributed by atoms with E-state index in [1.165, 1.54) is 22.3 Å². The number of carbonyl (C=O) groups excluding carboxylic acids is 1. The van der Waals surface area contributed by atoms with Gasteiger partial charge < -0.3 is 10.2 Å². The number of aromatic nitrogens is 2. The number of hydrogen-bond acceptors (Lipinski definition) is 4. The zero-order valence-corrected chi connectivity index (χ0v) is 15.6. The minimum absolute atomic E-state index is 0.0743. The second kappa shape index (κ2) is 7.19. The number of amides is 1. The molecular weight excluding hydrogens is 336 g/mol. The zero-order valence-electron chi connectivity index (χ0n) is 15.6. The van der Waals surface area contributed by atoms with Crippen LogP contribution in [0.5, 0.6) is 0 Å². The number of anilines is 2. The smallest absolute Gasteiger partial charge is 0.274 e. The molecule has 1 aliphatic heterocycles. The van der Waals surface area contributed by atoms with Crippen LogP contribution in [-0.4, -0.2) is 27.3 Å². The van der Waals surface area contributed by atoms with Gasteiger partial charge in [-0.2, -0.15) is 0 Å². The van der Waals surface area contributed by atoms with Crippen LogP contribution in [0, 0.1) is 13.8 Å². The first-order valence-electron chi connectivity index (χ1n) is 9.12. The van der Waals surface area contributed by atoms with Crippen molar-refractivity contribution in [2.75, 3.05) is 11.9 Å². The lowest BCUT2D eigenvalue weighted by Crippen LogP contribution is -2.36. The Bertz CT molecular complexity index is 982. The SMILES string of the molecule is Cc1ccc(Nc2cnc(C(=O)N3CCc4ccccc4C3)cn2)cc1C. The standard InChI is InChI=1S/C22H22N4O/c1-15-7-8-19(11-16(15)2)25-21-13-23-20(12-24-21)22(27)26-10-9-17-5-3-4-6-18(17)14-26/h3-8,11-13H,9-10,14H2,1-2H3,(H,24,25). The first-order valence-corrected chi connectivity index (χ1v) is 9.12. The fraction of sp³-hybridized carbons (Fsp3) is 0.227. The van der Waals surface area contributed by atoms with Crippen molar-refractivity contribution in [3.05, 3.63) is 82.8 Å². The van der Waals surface area contributed by atoms with Crippen molar-refractivity contribution in [3.8, 4) is 0 Å². The third-order valence-corrected chi connectivity index (χ3v) is 5.07. The Balaban J connectivity index is 1.46. The number of fused-ring (bicyclic) bond motifs is 1. The summed E-state index contributed by atoms with van der Waals surface area (Å²) in [5, 5.41) is 3.23. The molecule has 3 aromatic rings. The number of benzene rings is 2. The predicted molar refractivity (Wildman–Crippen MR) is 106 cm³/mol. The van der Waals surface area contributed by atoms with Gasteiger partial charge in [0.15, 0.2) is 0 Å². The van der Waals surface area contributed by atoms with Crippen LogP contribution in [0.3, 0.4) is 0 Å². The molecule has 0 bridgehead atoms.